The first kappa shape index (κ1) is 22.3. The van der Waals surface area contributed by atoms with Crippen LogP contribution in [0.1, 0.15) is 48.4 Å². The van der Waals surface area contributed by atoms with Crippen molar-refractivity contribution < 1.29 is 32.0 Å². The Labute approximate surface area is 173 Å². The van der Waals surface area contributed by atoms with Crippen molar-refractivity contribution in [3.05, 3.63) is 41.7 Å². The molecular formula is C18H24N4O7S. The summed E-state index contributed by atoms with van der Waals surface area (Å²) in [7, 11) is -4.09. The first-order chi connectivity index (χ1) is 13.9. The standard InChI is InChI=1S/C18H24N4O7S/c1-18(2,25)11-4-15(28-8-11)16(24)13-6-20-9-21-17(13)22-12-3-10(14(23)5-12)7-29-30(19,26)27/h4,6,8-10,12,14,23,25H,3,5,7H2,1-2H3,(H2,19,26,27)(H,20,21,22)/t10-,12-,14+/m1/s1. The molecule has 0 radical (unpaired) electrons. The lowest BCUT2D eigenvalue weighted by molar-refractivity contribution is 0.0779. The van der Waals surface area contributed by atoms with Crippen LogP contribution in [-0.4, -0.2) is 53.1 Å². The predicted octanol–water partition coefficient (Wildman–Crippen LogP) is 0.300. The zero-order valence-corrected chi connectivity index (χ0v) is 17.3. The van der Waals surface area contributed by atoms with Gasteiger partial charge in [0.05, 0.1) is 30.1 Å². The number of furan rings is 1. The topological polar surface area (TPSA) is 178 Å². The SMILES string of the molecule is CC(C)(O)c1coc(C(=O)c2cncnc2N[C@@H]2C[C@H](COS(N)(=O)=O)[C@@H](O)C2)c1. The molecule has 2 aromatic rings. The zero-order valence-electron chi connectivity index (χ0n) is 16.5. The molecule has 3 rings (SSSR count). The van der Waals surface area contributed by atoms with Crippen LogP contribution in [0.15, 0.2) is 29.3 Å². The van der Waals surface area contributed by atoms with E-state index in [1.54, 1.807) is 13.8 Å². The highest BCUT2D eigenvalue weighted by Crippen LogP contribution is 2.30. The molecule has 0 aromatic carbocycles. The molecule has 0 bridgehead atoms. The molecule has 0 amide bonds. The fourth-order valence-electron chi connectivity index (χ4n) is 3.29. The molecule has 11 nitrogen and oxygen atoms in total. The molecule has 5 N–H and O–H groups in total. The summed E-state index contributed by atoms with van der Waals surface area (Å²) in [5, 5.41) is 28.2. The number of aromatic nitrogens is 2. The largest absolute Gasteiger partial charge is 0.460 e. The van der Waals surface area contributed by atoms with Gasteiger partial charge in [-0.15, -0.1) is 0 Å². The van der Waals surface area contributed by atoms with Crippen LogP contribution in [0, 0.1) is 5.92 Å². The number of hydrogen-bond acceptors (Lipinski definition) is 10. The van der Waals surface area contributed by atoms with Gasteiger partial charge in [-0.25, -0.2) is 15.1 Å². The third-order valence-electron chi connectivity index (χ3n) is 4.93. The van der Waals surface area contributed by atoms with Crippen molar-refractivity contribution >= 4 is 21.9 Å². The van der Waals surface area contributed by atoms with Gasteiger partial charge in [-0.3, -0.25) is 8.98 Å². The van der Waals surface area contributed by atoms with E-state index in [0.29, 0.717) is 18.4 Å². The summed E-state index contributed by atoms with van der Waals surface area (Å²) in [4.78, 5) is 20.9. The average molecular weight is 440 g/mol. The van der Waals surface area contributed by atoms with Crippen molar-refractivity contribution in [2.75, 3.05) is 11.9 Å². The molecular weight excluding hydrogens is 416 g/mol. The number of ketones is 1. The number of carbonyl (C=O) groups excluding carboxylic acids is 1. The van der Waals surface area contributed by atoms with Crippen LogP contribution in [0.3, 0.4) is 0 Å². The lowest BCUT2D eigenvalue weighted by Crippen LogP contribution is -2.24. The van der Waals surface area contributed by atoms with E-state index in [1.807, 2.05) is 0 Å². The van der Waals surface area contributed by atoms with Crippen LogP contribution in [0.5, 0.6) is 0 Å². The number of nitrogens with zero attached hydrogens (tertiary/aromatic N) is 2. The van der Waals surface area contributed by atoms with E-state index in [9.17, 15) is 23.4 Å². The fraction of sp³-hybridized carbons (Fsp3) is 0.500. The summed E-state index contributed by atoms with van der Waals surface area (Å²) in [5.41, 5.74) is -0.550. The number of aliphatic hydroxyl groups excluding tert-OH is 1. The van der Waals surface area contributed by atoms with Crippen molar-refractivity contribution in [1.29, 1.82) is 0 Å². The molecule has 1 saturated carbocycles. The maximum atomic E-state index is 12.9. The van der Waals surface area contributed by atoms with Crippen molar-refractivity contribution in [3.63, 3.8) is 0 Å². The maximum Gasteiger partial charge on any atom is 0.333 e. The minimum atomic E-state index is -4.09. The van der Waals surface area contributed by atoms with Gasteiger partial charge < -0.3 is 19.9 Å². The molecule has 1 aliphatic rings. The van der Waals surface area contributed by atoms with Crippen LogP contribution < -0.4 is 10.5 Å². The average Bonchev–Trinajstić information content (AvgIpc) is 3.26. The Balaban J connectivity index is 1.73. The van der Waals surface area contributed by atoms with E-state index >= 15 is 0 Å². The Morgan fingerprint density at radius 2 is 2.17 bits per heavy atom. The van der Waals surface area contributed by atoms with E-state index in [0.717, 1.165) is 0 Å². The molecule has 0 unspecified atom stereocenters. The number of nitrogens with one attached hydrogen (secondary N) is 1. The first-order valence-corrected chi connectivity index (χ1v) is 10.7. The monoisotopic (exact) mass is 440 g/mol. The number of hydrogen-bond donors (Lipinski definition) is 4. The Bertz CT molecular complexity index is 1020. The molecule has 2 aromatic heterocycles. The summed E-state index contributed by atoms with van der Waals surface area (Å²) in [6.07, 6.45) is 3.82. The van der Waals surface area contributed by atoms with E-state index < -0.39 is 33.7 Å². The van der Waals surface area contributed by atoms with Gasteiger partial charge in [-0.1, -0.05) is 0 Å². The summed E-state index contributed by atoms with van der Waals surface area (Å²) in [6.45, 7) is 2.91. The highest BCUT2D eigenvalue weighted by Gasteiger charge is 2.35. The van der Waals surface area contributed by atoms with Crippen LogP contribution in [0.4, 0.5) is 5.82 Å². The van der Waals surface area contributed by atoms with Gasteiger partial charge in [-0.2, -0.15) is 8.42 Å². The zero-order chi connectivity index (χ0) is 22.1. The minimum absolute atomic E-state index is 0.0239. The normalized spacial score (nSPS) is 22.2. The van der Waals surface area contributed by atoms with Gasteiger partial charge >= 0.3 is 10.3 Å². The number of aliphatic hydroxyl groups is 2. The van der Waals surface area contributed by atoms with Gasteiger partial charge in [0.15, 0.2) is 5.76 Å². The third kappa shape index (κ3) is 5.40. The van der Waals surface area contributed by atoms with Gasteiger partial charge in [0.25, 0.3) is 0 Å². The van der Waals surface area contributed by atoms with E-state index in [2.05, 4.69) is 19.5 Å². The lowest BCUT2D eigenvalue weighted by atomic mass is 10.0. The van der Waals surface area contributed by atoms with Gasteiger partial charge in [0, 0.05) is 23.7 Å². The number of anilines is 1. The smallest absolute Gasteiger partial charge is 0.333 e. The lowest BCUT2D eigenvalue weighted by Gasteiger charge is -2.15. The third-order valence-corrected chi connectivity index (χ3v) is 5.40. The Morgan fingerprint density at radius 1 is 1.43 bits per heavy atom. The number of rotatable bonds is 8. The van der Waals surface area contributed by atoms with Crippen molar-refractivity contribution in [3.8, 4) is 0 Å². The second-order valence-electron chi connectivity index (χ2n) is 7.79. The Morgan fingerprint density at radius 3 is 2.80 bits per heavy atom. The van der Waals surface area contributed by atoms with Crippen molar-refractivity contribution in [2.45, 2.75) is 44.4 Å². The molecule has 1 fully saturated rings. The fourth-order valence-corrected chi connectivity index (χ4v) is 3.66. The maximum absolute atomic E-state index is 12.9. The molecule has 0 aliphatic heterocycles. The number of carbonyl (C=O) groups is 1. The minimum Gasteiger partial charge on any atom is -0.460 e. The summed E-state index contributed by atoms with van der Waals surface area (Å²) >= 11 is 0. The van der Waals surface area contributed by atoms with Crippen LogP contribution >= 0.6 is 0 Å². The second kappa shape index (κ2) is 8.40. The Hall–Kier alpha value is -2.38. The summed E-state index contributed by atoms with van der Waals surface area (Å²) in [5.74, 6) is -0.639. The van der Waals surface area contributed by atoms with Crippen LogP contribution in [0.25, 0.3) is 0 Å². The van der Waals surface area contributed by atoms with E-state index in [4.69, 9.17) is 9.56 Å². The first-order valence-electron chi connectivity index (χ1n) is 9.22. The summed E-state index contributed by atoms with van der Waals surface area (Å²) < 4.78 is 31.8. The predicted molar refractivity (Wildman–Crippen MR) is 105 cm³/mol. The highest BCUT2D eigenvalue weighted by atomic mass is 32.2. The summed E-state index contributed by atoms with van der Waals surface area (Å²) in [6, 6.07) is 1.18. The molecule has 1 aliphatic carbocycles. The van der Waals surface area contributed by atoms with Gasteiger partial charge in [0.2, 0.25) is 5.78 Å². The molecule has 30 heavy (non-hydrogen) atoms. The molecule has 164 valence electrons. The molecule has 0 saturated heterocycles. The second-order valence-corrected chi connectivity index (χ2v) is 9.01. The van der Waals surface area contributed by atoms with Crippen molar-refractivity contribution in [2.24, 2.45) is 11.1 Å². The van der Waals surface area contributed by atoms with Crippen LogP contribution in [0.2, 0.25) is 0 Å². The number of nitrogens with two attached hydrogens (primary N) is 1. The Kier molecular flexibility index (Phi) is 6.24. The highest BCUT2D eigenvalue weighted by molar-refractivity contribution is 7.84. The molecule has 2 heterocycles. The van der Waals surface area contributed by atoms with Crippen LogP contribution in [-0.2, 0) is 20.1 Å². The molecule has 0 spiro atoms. The molecule has 3 atom stereocenters. The van der Waals surface area contributed by atoms with Gasteiger partial charge in [0.1, 0.15) is 12.1 Å². The molecule has 12 heteroatoms. The van der Waals surface area contributed by atoms with Crippen molar-refractivity contribution in [1.82, 2.24) is 9.97 Å². The van der Waals surface area contributed by atoms with Gasteiger partial charge in [-0.05, 0) is 32.8 Å². The van der Waals surface area contributed by atoms with E-state index in [1.165, 1.54) is 24.9 Å². The quantitative estimate of drug-likeness (QED) is 0.417. The van der Waals surface area contributed by atoms with E-state index in [-0.39, 0.29) is 29.8 Å².